The Morgan fingerprint density at radius 3 is 2.80 bits per heavy atom. The maximum absolute atomic E-state index is 15.7. The van der Waals surface area contributed by atoms with Gasteiger partial charge in [-0.25, -0.2) is 9.37 Å². The predicted octanol–water partition coefficient (Wildman–Crippen LogP) is -0.244. The number of fused-ring (bicyclic) bond motifs is 2. The molecule has 6 heterocycles. The number of aliphatic hydroxyl groups excluding tert-OH is 1. The summed E-state index contributed by atoms with van der Waals surface area (Å²) in [6, 6.07) is 0. The van der Waals surface area contributed by atoms with Gasteiger partial charge in [0.25, 0.3) is 5.56 Å². The number of imidazole rings is 1. The lowest BCUT2D eigenvalue weighted by Gasteiger charge is -2.26. The minimum absolute atomic E-state index is 0.0440. The van der Waals surface area contributed by atoms with Gasteiger partial charge in [0.1, 0.15) is 49.0 Å². The van der Waals surface area contributed by atoms with Crippen molar-refractivity contribution in [2.24, 2.45) is 10.7 Å². The first-order chi connectivity index (χ1) is 21.7. The Balaban J connectivity index is 1.20. The third-order valence-electron chi connectivity index (χ3n) is 7.03. The molecule has 10 atom stereocenters. The molecular weight excluding hydrogens is 709 g/mol. The molecule has 20 nitrogen and oxygen atoms in total. The molecular formula is C19H23F3N11O9P2S2+. The van der Waals surface area contributed by atoms with Crippen molar-refractivity contribution in [1.29, 1.82) is 0 Å². The van der Waals surface area contributed by atoms with Crippen LogP contribution in [-0.2, 0) is 39.4 Å². The number of alkyl halides is 3. The third kappa shape index (κ3) is 6.06. The number of anilines is 2. The number of aromatic amines is 1. The van der Waals surface area contributed by atoms with Gasteiger partial charge in [0.15, 0.2) is 35.5 Å². The Hall–Kier alpha value is -2.67. The fraction of sp³-hybridized carbons (Fsp3) is 0.579. The zero-order chi connectivity index (χ0) is 33.1. The molecule has 6 rings (SSSR count). The number of nitrogens with one attached hydrogen (secondary N) is 2. The largest absolute Gasteiger partial charge is 0.582 e. The lowest BCUT2D eigenvalue weighted by Crippen LogP contribution is -2.40. The Kier molecular flexibility index (Phi) is 8.97. The highest BCUT2D eigenvalue weighted by Gasteiger charge is 2.61. The first-order valence-corrected chi connectivity index (χ1v) is 17.8. The van der Waals surface area contributed by atoms with E-state index in [1.807, 2.05) is 0 Å². The van der Waals surface area contributed by atoms with Crippen LogP contribution in [0, 0.1) is 0 Å². The molecule has 0 aliphatic carbocycles. The summed E-state index contributed by atoms with van der Waals surface area (Å²) in [6.07, 6.45) is -12.2. The molecule has 0 radical (unpaired) electrons. The molecule has 0 saturated carbocycles. The second-order valence-corrected chi connectivity index (χ2v) is 14.4. The SMILES string of the molecule is Nc1nc2c(ncn2[C@@H]2O[C@H](CO[P+](=O)S)[C@@H](F)[C@H]2OP(O)(=S)OC[C@H]2O[C@@H](n3nnc4c3NC=NC4N)C(F)(F)[C@@H]2O)c(=O)[nH]1. The number of ether oxygens (including phenoxy) is 2. The summed E-state index contributed by atoms with van der Waals surface area (Å²) in [5.74, 6) is -4.32. The van der Waals surface area contributed by atoms with Gasteiger partial charge in [-0.1, -0.05) is 5.21 Å². The van der Waals surface area contributed by atoms with Crippen LogP contribution >= 0.6 is 26.2 Å². The zero-order valence-corrected chi connectivity index (χ0v) is 26.1. The molecule has 3 aliphatic rings. The van der Waals surface area contributed by atoms with E-state index in [-0.39, 0.29) is 28.6 Å². The van der Waals surface area contributed by atoms with Crippen LogP contribution in [0.5, 0.6) is 0 Å². The van der Waals surface area contributed by atoms with Crippen LogP contribution in [0.4, 0.5) is 24.9 Å². The number of aromatic nitrogens is 7. The van der Waals surface area contributed by atoms with E-state index in [4.69, 9.17) is 46.3 Å². The highest BCUT2D eigenvalue weighted by atomic mass is 32.7. The number of thiol groups is 1. The number of aliphatic hydroxyl groups is 1. The Labute approximate surface area is 264 Å². The summed E-state index contributed by atoms with van der Waals surface area (Å²) < 4.78 is 85.8. The van der Waals surface area contributed by atoms with Crippen LogP contribution < -0.4 is 22.3 Å². The Morgan fingerprint density at radius 1 is 1.30 bits per heavy atom. The molecule has 2 saturated heterocycles. The first kappa shape index (κ1) is 33.2. The zero-order valence-electron chi connectivity index (χ0n) is 22.6. The highest BCUT2D eigenvalue weighted by Crippen LogP contribution is 2.52. The van der Waals surface area contributed by atoms with Gasteiger partial charge in [-0.2, -0.15) is 18.4 Å². The molecule has 0 aromatic carbocycles. The number of nitrogens with zero attached hydrogens (tertiary/aromatic N) is 7. The molecule has 46 heavy (non-hydrogen) atoms. The molecule has 2 fully saturated rings. The number of H-pyrrole nitrogens is 1. The molecule has 3 aromatic rings. The summed E-state index contributed by atoms with van der Waals surface area (Å²) in [4.78, 5) is 37.2. The van der Waals surface area contributed by atoms with Gasteiger partial charge < -0.3 is 40.8 Å². The van der Waals surface area contributed by atoms with Gasteiger partial charge in [0, 0.05) is 0 Å². The quantitative estimate of drug-likeness (QED) is 0.105. The fourth-order valence-corrected chi connectivity index (χ4v) is 6.80. The van der Waals surface area contributed by atoms with Crippen molar-refractivity contribution in [2.45, 2.75) is 55.1 Å². The van der Waals surface area contributed by atoms with E-state index >= 15 is 13.2 Å². The molecule has 3 aromatic heterocycles. The van der Waals surface area contributed by atoms with Crippen molar-refractivity contribution in [3.63, 3.8) is 0 Å². The highest BCUT2D eigenvalue weighted by molar-refractivity contribution is 8.39. The number of nitrogens with two attached hydrogens (primary N) is 2. The second kappa shape index (κ2) is 12.4. The van der Waals surface area contributed by atoms with Gasteiger partial charge >= 0.3 is 19.9 Å². The van der Waals surface area contributed by atoms with E-state index in [0.29, 0.717) is 4.68 Å². The minimum atomic E-state index is -4.55. The van der Waals surface area contributed by atoms with E-state index in [0.717, 1.165) is 17.2 Å². The van der Waals surface area contributed by atoms with E-state index in [2.05, 4.69) is 47.8 Å². The van der Waals surface area contributed by atoms with Gasteiger partial charge in [-0.05, 0) is 16.4 Å². The number of nitrogen functional groups attached to an aromatic ring is 1. The van der Waals surface area contributed by atoms with Crippen LogP contribution in [0.1, 0.15) is 24.3 Å². The van der Waals surface area contributed by atoms with Crippen LogP contribution in [-0.4, -0.2) is 101 Å². The molecule has 0 amide bonds. The Bertz CT molecular complexity index is 1800. The molecule has 8 N–H and O–H groups in total. The topological polar surface area (TPSA) is 274 Å². The van der Waals surface area contributed by atoms with Crippen LogP contribution in [0.2, 0.25) is 0 Å². The van der Waals surface area contributed by atoms with Crippen molar-refractivity contribution in [2.75, 3.05) is 24.3 Å². The molecule has 250 valence electrons. The molecule has 3 unspecified atom stereocenters. The van der Waals surface area contributed by atoms with Crippen molar-refractivity contribution in [1.82, 2.24) is 34.5 Å². The third-order valence-corrected chi connectivity index (χ3v) is 9.31. The number of rotatable bonds is 10. The van der Waals surface area contributed by atoms with Gasteiger partial charge in [0.2, 0.25) is 12.2 Å². The predicted molar refractivity (Wildman–Crippen MR) is 155 cm³/mol. The number of aliphatic imine (C=N–C) groups is 1. The molecule has 3 aliphatic heterocycles. The van der Waals surface area contributed by atoms with E-state index < -0.39 is 87.9 Å². The summed E-state index contributed by atoms with van der Waals surface area (Å²) in [5.41, 5.74) is 10.4. The lowest BCUT2D eigenvalue weighted by molar-refractivity contribution is -0.143. The first-order valence-electron chi connectivity index (χ1n) is 12.8. The van der Waals surface area contributed by atoms with Gasteiger partial charge in [-0.3, -0.25) is 23.9 Å². The van der Waals surface area contributed by atoms with Crippen molar-refractivity contribution in [3.05, 3.63) is 22.4 Å². The summed E-state index contributed by atoms with van der Waals surface area (Å²) in [7, 11) is -2.47. The summed E-state index contributed by atoms with van der Waals surface area (Å²) in [5, 5.41) is 20.4. The number of halogens is 3. The standard InChI is InChI=1S/C19H22F3N11O9P2S2/c20-7-5(1-38-43(36)45)40-16(32-4-27-9-14(32)28-18(24)29-15(9)35)10(7)42-44(37,46)39-2-6-11(34)19(21,22)17(41-6)33-13-8(30-31-33)12(23)25-3-26-13/h3-7,10-12,16-17,34H,1-2,23H2,(H5-,24,25,26,28,29,31,35,36,37,45,46)/p+1/t5-,6-,7-,10-,11-,12?,16-,17-,44?/m1/s1. The van der Waals surface area contributed by atoms with Gasteiger partial charge in [0.05, 0.1) is 19.3 Å². The van der Waals surface area contributed by atoms with E-state index in [1.165, 1.54) is 0 Å². The fourth-order valence-electron chi connectivity index (χ4n) is 4.92. The average molecular weight is 733 g/mol. The molecule has 27 heteroatoms. The maximum atomic E-state index is 15.7. The second-order valence-electron chi connectivity index (χ2n) is 9.93. The summed E-state index contributed by atoms with van der Waals surface area (Å²) >= 11 is 8.64. The van der Waals surface area contributed by atoms with E-state index in [9.17, 15) is 19.4 Å². The van der Waals surface area contributed by atoms with E-state index in [1.54, 1.807) is 0 Å². The molecule has 0 spiro atoms. The number of hydrogen-bond donors (Lipinski definition) is 7. The summed E-state index contributed by atoms with van der Waals surface area (Å²) in [6.45, 7) is -6.10. The minimum Gasteiger partial charge on any atom is -0.384 e. The van der Waals surface area contributed by atoms with Crippen LogP contribution in [0.3, 0.4) is 0 Å². The van der Waals surface area contributed by atoms with Crippen molar-refractivity contribution >= 4 is 67.3 Å². The van der Waals surface area contributed by atoms with Crippen molar-refractivity contribution < 1.29 is 50.8 Å². The monoisotopic (exact) mass is 732 g/mol. The Morgan fingerprint density at radius 2 is 2.07 bits per heavy atom. The lowest BCUT2D eigenvalue weighted by atomic mass is 10.1. The molecule has 0 bridgehead atoms. The smallest absolute Gasteiger partial charge is 0.384 e. The van der Waals surface area contributed by atoms with Crippen LogP contribution in [0.15, 0.2) is 16.1 Å². The van der Waals surface area contributed by atoms with Crippen molar-refractivity contribution in [3.8, 4) is 0 Å². The van der Waals surface area contributed by atoms with Gasteiger partial charge in [-0.15, -0.1) is 9.62 Å². The maximum Gasteiger partial charge on any atom is 0.582 e. The average Bonchev–Trinajstić information content (AvgIpc) is 3.72. The number of hydrogen-bond acceptors (Lipinski definition) is 17. The normalized spacial score (nSPS) is 31.9. The van der Waals surface area contributed by atoms with Crippen LogP contribution in [0.25, 0.3) is 11.2 Å².